The minimum atomic E-state index is -1.41. The standard InChI is InChI=1S/C29H45FN4O3/c1-32-20-26(17-22-9-4-3-5-10-22)33-28(35)34-15-8-11-24(21-34)29(36,14-6-7-16-37-2)27-18-25(30)13-12-23(27)19-31/h12-13,18,22,24,26,32,36H,3-11,14-17,20-21H2,1-2H3,(H,33,35)/t24-,26+,29+/m1/s1. The SMILES string of the molecule is CNC[C@H](CC1CCCCC1)NC(=O)N1CCC[C@@H]([C@@](O)(CCCCOC)c2cc(F)ccc2C#N)C1. The maximum Gasteiger partial charge on any atom is 0.317 e. The molecule has 0 radical (unpaired) electrons. The van der Waals surface area contributed by atoms with E-state index in [1.165, 1.54) is 50.3 Å². The Morgan fingerprint density at radius 3 is 2.76 bits per heavy atom. The molecule has 2 aliphatic rings. The van der Waals surface area contributed by atoms with Crippen molar-refractivity contribution in [2.75, 3.05) is 40.4 Å². The molecule has 3 atom stereocenters. The van der Waals surface area contributed by atoms with Gasteiger partial charge in [-0.15, -0.1) is 0 Å². The molecule has 8 heteroatoms. The van der Waals surface area contributed by atoms with Crippen molar-refractivity contribution >= 4 is 6.03 Å². The lowest BCUT2D eigenvalue weighted by atomic mass is 9.73. The number of amides is 2. The number of likely N-dealkylation sites (N-methyl/N-ethyl adjacent to an activating group) is 1. The van der Waals surface area contributed by atoms with Crippen LogP contribution in [-0.4, -0.2) is 62.5 Å². The van der Waals surface area contributed by atoms with Gasteiger partial charge in [-0.05, 0) is 69.7 Å². The molecule has 0 spiro atoms. The Balaban J connectivity index is 1.75. The quantitative estimate of drug-likeness (QED) is 0.351. The molecule has 7 nitrogen and oxygen atoms in total. The number of nitrogens with one attached hydrogen (secondary N) is 2. The highest BCUT2D eigenvalue weighted by atomic mass is 19.1. The number of carbonyl (C=O) groups excluding carboxylic acids is 1. The predicted molar refractivity (Wildman–Crippen MR) is 142 cm³/mol. The summed E-state index contributed by atoms with van der Waals surface area (Å²) in [5, 5.41) is 28.3. The van der Waals surface area contributed by atoms with Crippen LogP contribution in [0.2, 0.25) is 0 Å². The lowest BCUT2D eigenvalue weighted by Crippen LogP contribution is -2.54. The zero-order valence-corrected chi connectivity index (χ0v) is 22.6. The van der Waals surface area contributed by atoms with Crippen molar-refractivity contribution in [3.63, 3.8) is 0 Å². The highest BCUT2D eigenvalue weighted by Gasteiger charge is 2.43. The van der Waals surface area contributed by atoms with Crippen LogP contribution in [0.25, 0.3) is 0 Å². The van der Waals surface area contributed by atoms with E-state index in [4.69, 9.17) is 4.74 Å². The average molecular weight is 517 g/mol. The molecule has 1 heterocycles. The van der Waals surface area contributed by atoms with Gasteiger partial charge in [-0.1, -0.05) is 32.1 Å². The number of ether oxygens (including phenoxy) is 1. The number of rotatable bonds is 12. The number of hydrogen-bond donors (Lipinski definition) is 3. The average Bonchev–Trinajstić information content (AvgIpc) is 2.91. The Kier molecular flexibility index (Phi) is 11.6. The summed E-state index contributed by atoms with van der Waals surface area (Å²) in [6.07, 6.45) is 10.5. The van der Waals surface area contributed by atoms with E-state index in [1.807, 2.05) is 7.05 Å². The minimum absolute atomic E-state index is 0.0577. The monoisotopic (exact) mass is 516 g/mol. The summed E-state index contributed by atoms with van der Waals surface area (Å²) in [5.41, 5.74) is -0.810. The molecule has 37 heavy (non-hydrogen) atoms. The second-order valence-corrected chi connectivity index (χ2v) is 10.9. The number of nitrogens with zero attached hydrogens (tertiary/aromatic N) is 2. The van der Waals surface area contributed by atoms with Crippen LogP contribution in [-0.2, 0) is 10.3 Å². The Bertz CT molecular complexity index is 902. The van der Waals surface area contributed by atoms with Gasteiger partial charge >= 0.3 is 6.03 Å². The number of benzene rings is 1. The van der Waals surface area contributed by atoms with Crippen molar-refractivity contribution in [3.8, 4) is 6.07 Å². The Hall–Kier alpha value is -2.21. The molecule has 1 saturated carbocycles. The Morgan fingerprint density at radius 1 is 1.27 bits per heavy atom. The summed E-state index contributed by atoms with van der Waals surface area (Å²) in [5.74, 6) is -0.132. The molecule has 1 aliphatic heterocycles. The molecule has 2 fully saturated rings. The van der Waals surface area contributed by atoms with Crippen LogP contribution in [0, 0.1) is 29.0 Å². The summed E-state index contributed by atoms with van der Waals surface area (Å²) in [6, 6.07) is 6.06. The Labute approximate surface area is 221 Å². The van der Waals surface area contributed by atoms with E-state index >= 15 is 0 Å². The van der Waals surface area contributed by atoms with E-state index in [2.05, 4.69) is 16.7 Å². The fraction of sp³-hybridized carbons (Fsp3) is 0.724. The topological polar surface area (TPSA) is 97.6 Å². The molecule has 1 aliphatic carbocycles. The van der Waals surface area contributed by atoms with E-state index in [-0.39, 0.29) is 23.6 Å². The van der Waals surface area contributed by atoms with Crippen molar-refractivity contribution in [1.82, 2.24) is 15.5 Å². The number of carbonyl (C=O) groups is 1. The van der Waals surface area contributed by atoms with Crippen LogP contribution in [0.5, 0.6) is 0 Å². The molecule has 3 rings (SSSR count). The van der Waals surface area contributed by atoms with Crippen LogP contribution in [0.4, 0.5) is 9.18 Å². The summed E-state index contributed by atoms with van der Waals surface area (Å²) < 4.78 is 19.5. The van der Waals surface area contributed by atoms with Crippen molar-refractivity contribution < 1.29 is 19.0 Å². The van der Waals surface area contributed by atoms with E-state index in [9.17, 15) is 19.6 Å². The molecule has 0 bridgehead atoms. The number of unbranched alkanes of at least 4 members (excludes halogenated alkanes) is 1. The number of methoxy groups -OCH3 is 1. The van der Waals surface area contributed by atoms with Gasteiger partial charge in [-0.25, -0.2) is 9.18 Å². The third-order valence-corrected chi connectivity index (χ3v) is 8.23. The fourth-order valence-electron chi connectivity index (χ4n) is 6.25. The van der Waals surface area contributed by atoms with E-state index in [1.54, 1.807) is 12.0 Å². The van der Waals surface area contributed by atoms with Gasteiger partial charge in [0.05, 0.1) is 17.2 Å². The van der Waals surface area contributed by atoms with Crippen LogP contribution >= 0.6 is 0 Å². The van der Waals surface area contributed by atoms with Crippen LogP contribution in [0.1, 0.15) is 81.8 Å². The van der Waals surface area contributed by atoms with Crippen molar-refractivity contribution in [2.45, 2.75) is 82.3 Å². The smallest absolute Gasteiger partial charge is 0.317 e. The third kappa shape index (κ3) is 8.13. The lowest BCUT2D eigenvalue weighted by molar-refractivity contribution is -0.0567. The highest BCUT2D eigenvalue weighted by molar-refractivity contribution is 5.74. The van der Waals surface area contributed by atoms with Gasteiger partial charge in [-0.3, -0.25) is 0 Å². The van der Waals surface area contributed by atoms with Crippen LogP contribution in [0.3, 0.4) is 0 Å². The maximum atomic E-state index is 14.3. The molecule has 1 aromatic carbocycles. The van der Waals surface area contributed by atoms with Crippen molar-refractivity contribution in [3.05, 3.63) is 35.1 Å². The molecular weight excluding hydrogens is 471 g/mol. The van der Waals surface area contributed by atoms with Crippen LogP contribution in [0.15, 0.2) is 18.2 Å². The second-order valence-electron chi connectivity index (χ2n) is 10.9. The number of halogens is 1. The number of aliphatic hydroxyl groups is 1. The van der Waals surface area contributed by atoms with Gasteiger partial charge in [0.15, 0.2) is 0 Å². The largest absolute Gasteiger partial charge is 0.385 e. The van der Waals surface area contributed by atoms with Crippen molar-refractivity contribution in [1.29, 1.82) is 5.26 Å². The summed E-state index contributed by atoms with van der Waals surface area (Å²) in [6.45, 7) is 2.27. The minimum Gasteiger partial charge on any atom is -0.385 e. The summed E-state index contributed by atoms with van der Waals surface area (Å²) in [7, 11) is 3.55. The number of urea groups is 1. The first kappa shape index (κ1) is 29.3. The second kappa shape index (κ2) is 14.7. The summed E-state index contributed by atoms with van der Waals surface area (Å²) in [4.78, 5) is 15.2. The number of piperidine rings is 1. The molecule has 206 valence electrons. The molecule has 1 aromatic rings. The maximum absolute atomic E-state index is 14.3. The molecule has 3 N–H and O–H groups in total. The van der Waals surface area contributed by atoms with E-state index in [0.717, 1.165) is 25.8 Å². The number of hydrogen-bond acceptors (Lipinski definition) is 5. The van der Waals surface area contributed by atoms with Gasteiger partial charge in [0.1, 0.15) is 5.82 Å². The molecular formula is C29H45FN4O3. The highest BCUT2D eigenvalue weighted by Crippen LogP contribution is 2.41. The number of likely N-dealkylation sites (tertiary alicyclic amines) is 1. The van der Waals surface area contributed by atoms with Gasteiger partial charge in [0.2, 0.25) is 0 Å². The fourth-order valence-corrected chi connectivity index (χ4v) is 6.25. The van der Waals surface area contributed by atoms with Crippen molar-refractivity contribution in [2.24, 2.45) is 11.8 Å². The first-order valence-corrected chi connectivity index (χ1v) is 14.0. The Morgan fingerprint density at radius 2 is 2.05 bits per heavy atom. The first-order chi connectivity index (χ1) is 17.9. The predicted octanol–water partition coefficient (Wildman–Crippen LogP) is 4.68. The molecule has 0 aromatic heterocycles. The van der Waals surface area contributed by atoms with E-state index < -0.39 is 11.4 Å². The molecule has 1 saturated heterocycles. The molecule has 2 amide bonds. The van der Waals surface area contributed by atoms with E-state index in [0.29, 0.717) is 50.4 Å². The molecule has 0 unspecified atom stereocenters. The van der Waals surface area contributed by atoms with Gasteiger partial charge in [0, 0.05) is 50.9 Å². The lowest BCUT2D eigenvalue weighted by Gasteiger charge is -2.43. The summed E-state index contributed by atoms with van der Waals surface area (Å²) >= 11 is 0. The van der Waals surface area contributed by atoms with Gasteiger partial charge in [-0.2, -0.15) is 5.26 Å². The zero-order chi connectivity index (χ0) is 26.7. The normalized spacial score (nSPS) is 21.2. The van der Waals surface area contributed by atoms with Crippen LogP contribution < -0.4 is 10.6 Å². The number of nitriles is 1. The van der Waals surface area contributed by atoms with Gasteiger partial charge < -0.3 is 25.4 Å². The van der Waals surface area contributed by atoms with Gasteiger partial charge in [0.25, 0.3) is 0 Å². The first-order valence-electron chi connectivity index (χ1n) is 14.0. The zero-order valence-electron chi connectivity index (χ0n) is 22.6. The third-order valence-electron chi connectivity index (χ3n) is 8.23.